The van der Waals surface area contributed by atoms with Crippen molar-refractivity contribution in [2.75, 3.05) is 44.2 Å². The number of esters is 1. The average molecular weight is 739 g/mol. The van der Waals surface area contributed by atoms with Crippen molar-refractivity contribution in [2.24, 2.45) is 4.99 Å². The molecule has 2 atom stereocenters. The molecule has 12 nitrogen and oxygen atoms in total. The van der Waals surface area contributed by atoms with E-state index in [1.807, 2.05) is 15.7 Å². The lowest BCUT2D eigenvalue weighted by atomic mass is 9.95. The maximum atomic E-state index is 13.6. The Kier molecular flexibility index (Phi) is 9.40. The largest absolute Gasteiger partial charge is 0.478 e. The van der Waals surface area contributed by atoms with E-state index in [9.17, 15) is 19.5 Å². The number of carboxylic acid groups (broad SMARTS) is 1. The summed E-state index contributed by atoms with van der Waals surface area (Å²) in [5.74, 6) is -0.974. The van der Waals surface area contributed by atoms with E-state index in [1.54, 1.807) is 48.4 Å². The second-order valence-electron chi connectivity index (χ2n) is 11.5. The highest BCUT2D eigenvalue weighted by molar-refractivity contribution is 7.14. The monoisotopic (exact) mass is 737 g/mol. The van der Waals surface area contributed by atoms with E-state index in [4.69, 9.17) is 37.9 Å². The quantitative estimate of drug-likeness (QED) is 0.204. The summed E-state index contributed by atoms with van der Waals surface area (Å²) in [4.78, 5) is 58.3. The van der Waals surface area contributed by atoms with Gasteiger partial charge in [-0.25, -0.2) is 24.4 Å². The number of aliphatic imine (C=N–C) groups is 1. The Morgan fingerprint density at radius 2 is 1.92 bits per heavy atom. The third-order valence-corrected chi connectivity index (χ3v) is 10.7. The van der Waals surface area contributed by atoms with Gasteiger partial charge in [-0.2, -0.15) is 0 Å². The predicted octanol–water partition coefficient (Wildman–Crippen LogP) is 5.81. The van der Waals surface area contributed by atoms with Crippen LogP contribution in [-0.4, -0.2) is 94.1 Å². The van der Waals surface area contributed by atoms with Gasteiger partial charge in [-0.1, -0.05) is 41.4 Å². The normalized spacial score (nSPS) is 19.5. The summed E-state index contributed by atoms with van der Waals surface area (Å²) in [6, 6.07) is 10.6. The third kappa shape index (κ3) is 6.66. The number of carbonyl (C=O) groups excluding carboxylic acids is 2. The minimum atomic E-state index is -0.995. The number of thiazole rings is 2. The van der Waals surface area contributed by atoms with Crippen molar-refractivity contribution in [1.82, 2.24) is 25.1 Å². The summed E-state index contributed by atoms with van der Waals surface area (Å²) in [5, 5.41) is 18.4. The number of nitrogens with one attached hydrogen (secondary N) is 1. The highest BCUT2D eigenvalue weighted by Gasteiger charge is 2.43. The van der Waals surface area contributed by atoms with E-state index in [-0.39, 0.29) is 24.2 Å². The molecule has 4 aromatic rings. The van der Waals surface area contributed by atoms with Crippen molar-refractivity contribution in [3.8, 4) is 11.3 Å². The molecule has 2 aromatic heterocycles. The van der Waals surface area contributed by atoms with Crippen molar-refractivity contribution in [1.29, 1.82) is 0 Å². The number of halogens is 2. The minimum absolute atomic E-state index is 0.104. The molecule has 49 heavy (non-hydrogen) atoms. The molecule has 0 spiro atoms. The highest BCUT2D eigenvalue weighted by atomic mass is 35.5. The lowest BCUT2D eigenvalue weighted by Crippen LogP contribution is -2.53. The fourth-order valence-electron chi connectivity index (χ4n) is 6.17. The van der Waals surface area contributed by atoms with Crippen LogP contribution in [0.3, 0.4) is 0 Å². The summed E-state index contributed by atoms with van der Waals surface area (Å²) in [6.45, 7) is 4.40. The van der Waals surface area contributed by atoms with Crippen LogP contribution < -0.4 is 10.2 Å². The smallest absolute Gasteiger partial charge is 0.338 e. The maximum absolute atomic E-state index is 13.6. The van der Waals surface area contributed by atoms with E-state index in [0.717, 1.165) is 5.56 Å². The second-order valence-corrected chi connectivity index (χ2v) is 14.1. The number of rotatable bonds is 9. The number of hydrogen-bond acceptors (Lipinski definition) is 11. The van der Waals surface area contributed by atoms with Crippen molar-refractivity contribution < 1.29 is 24.2 Å². The van der Waals surface area contributed by atoms with Gasteiger partial charge < -0.3 is 20.1 Å². The molecule has 2 saturated heterocycles. The molecule has 16 heteroatoms. The van der Waals surface area contributed by atoms with Crippen molar-refractivity contribution in [3.05, 3.63) is 96.9 Å². The molecule has 2 N–H and O–H groups in total. The van der Waals surface area contributed by atoms with E-state index in [0.29, 0.717) is 81.3 Å². The van der Waals surface area contributed by atoms with Gasteiger partial charge in [0.05, 0.1) is 36.0 Å². The Morgan fingerprint density at radius 1 is 1.10 bits per heavy atom. The third-order valence-electron chi connectivity index (χ3n) is 8.48. The maximum Gasteiger partial charge on any atom is 0.338 e. The highest BCUT2D eigenvalue weighted by Crippen LogP contribution is 2.38. The molecular formula is C33H29Cl2N7O5S2. The van der Waals surface area contributed by atoms with Crippen LogP contribution in [0.2, 0.25) is 10.0 Å². The Bertz CT molecular complexity index is 1980. The number of amides is 2. The molecule has 3 aliphatic rings. The SMILES string of the molecule is CCOC(=O)C1=C(CN2CCN3C(=O)N(c4nc(-c5ccc(C(=O)O)cc5)cs4)C[C@@H]3C2)NC(c2nccs2)=N[C@H]1c1ccc(Cl)cc1Cl. The van der Waals surface area contributed by atoms with Crippen LogP contribution in [0.5, 0.6) is 0 Å². The van der Waals surface area contributed by atoms with Crippen molar-refractivity contribution >= 4 is 74.8 Å². The van der Waals surface area contributed by atoms with Crippen molar-refractivity contribution in [3.63, 3.8) is 0 Å². The minimum Gasteiger partial charge on any atom is -0.478 e. The molecule has 7 rings (SSSR count). The zero-order valence-corrected chi connectivity index (χ0v) is 29.2. The van der Waals surface area contributed by atoms with Crippen LogP contribution in [-0.2, 0) is 9.53 Å². The van der Waals surface area contributed by atoms with Crippen LogP contribution in [0.1, 0.15) is 33.9 Å². The number of urea groups is 1. The van der Waals surface area contributed by atoms with Crippen LogP contribution >= 0.6 is 45.9 Å². The molecule has 2 fully saturated rings. The number of ether oxygens (including phenoxy) is 1. The molecule has 2 amide bonds. The van der Waals surface area contributed by atoms with Gasteiger partial charge in [0.15, 0.2) is 16.0 Å². The molecule has 0 saturated carbocycles. The lowest BCUT2D eigenvalue weighted by molar-refractivity contribution is -0.139. The summed E-state index contributed by atoms with van der Waals surface area (Å²) in [7, 11) is 0. The van der Waals surface area contributed by atoms with Crippen molar-refractivity contribution in [2.45, 2.75) is 19.0 Å². The second kappa shape index (κ2) is 13.9. The first-order valence-electron chi connectivity index (χ1n) is 15.4. The molecular weight excluding hydrogens is 709 g/mol. The standard InChI is InChI=1S/C33H29Cl2N7O5S2/c1-2-47-31(45)26-24(37-28(29-36-9-12-48-29)39-27(26)22-8-7-20(34)13-23(22)35)16-40-10-11-41-21(14-40)15-42(33(41)46)32-38-25(17-49-32)18-3-5-19(6-4-18)30(43)44/h3-9,12-13,17,21,27H,2,10-11,14-16H2,1H3,(H,37,39)(H,43,44)/t21-,27-/m0/s1. The van der Waals surface area contributed by atoms with Gasteiger partial charge in [-0.3, -0.25) is 14.8 Å². The lowest BCUT2D eigenvalue weighted by Gasteiger charge is -2.38. The number of amidine groups is 1. The first-order chi connectivity index (χ1) is 23.7. The van der Waals surface area contributed by atoms with Crippen LogP contribution in [0, 0.1) is 0 Å². The van der Waals surface area contributed by atoms with Gasteiger partial charge >= 0.3 is 18.0 Å². The van der Waals surface area contributed by atoms with E-state index < -0.39 is 18.0 Å². The zero-order valence-electron chi connectivity index (χ0n) is 26.0. The number of carbonyl (C=O) groups is 3. The number of aromatic carboxylic acids is 1. The predicted molar refractivity (Wildman–Crippen MR) is 189 cm³/mol. The molecule has 252 valence electrons. The first kappa shape index (κ1) is 33.2. The number of nitrogens with zero attached hydrogens (tertiary/aromatic N) is 6. The molecule has 5 heterocycles. The van der Waals surface area contributed by atoms with Gasteiger partial charge in [0.2, 0.25) is 0 Å². The number of carboxylic acids is 1. The number of benzene rings is 2. The summed E-state index contributed by atoms with van der Waals surface area (Å²) in [6.07, 6.45) is 1.70. The van der Waals surface area contributed by atoms with Gasteiger partial charge in [0, 0.05) is 70.0 Å². The first-order valence-corrected chi connectivity index (χ1v) is 17.9. The van der Waals surface area contributed by atoms with E-state index >= 15 is 0 Å². The van der Waals surface area contributed by atoms with Crippen LogP contribution in [0.25, 0.3) is 11.3 Å². The van der Waals surface area contributed by atoms with Gasteiger partial charge in [0.25, 0.3) is 0 Å². The fourth-order valence-corrected chi connectivity index (χ4v) is 8.11. The average Bonchev–Trinajstić information content (AvgIpc) is 3.86. The topological polar surface area (TPSA) is 141 Å². The molecule has 0 unspecified atom stereocenters. The molecule has 2 aromatic carbocycles. The summed E-state index contributed by atoms with van der Waals surface area (Å²) < 4.78 is 5.54. The number of anilines is 1. The molecule has 3 aliphatic heterocycles. The molecule has 0 radical (unpaired) electrons. The van der Waals surface area contributed by atoms with Gasteiger partial charge in [-0.05, 0) is 31.2 Å². The van der Waals surface area contributed by atoms with E-state index in [2.05, 4.69) is 15.2 Å². The number of hydrogen-bond donors (Lipinski definition) is 2. The Labute approximate surface area is 299 Å². The fraction of sp³-hybridized carbons (Fsp3) is 0.273. The van der Waals surface area contributed by atoms with Gasteiger partial charge in [0.1, 0.15) is 6.04 Å². The summed E-state index contributed by atoms with van der Waals surface area (Å²) in [5.41, 5.74) is 3.23. The Balaban J connectivity index is 1.14. The summed E-state index contributed by atoms with van der Waals surface area (Å²) >= 11 is 15.7. The number of fused-ring (bicyclic) bond motifs is 1. The Morgan fingerprint density at radius 3 is 2.63 bits per heavy atom. The number of piperazine rings is 1. The van der Waals surface area contributed by atoms with E-state index in [1.165, 1.54) is 34.8 Å². The Hall–Kier alpha value is -4.34. The zero-order chi connectivity index (χ0) is 34.2. The van der Waals surface area contributed by atoms with Crippen LogP contribution in [0.15, 0.2) is 75.7 Å². The van der Waals surface area contributed by atoms with Crippen LogP contribution in [0.4, 0.5) is 9.93 Å². The number of aromatic nitrogens is 2. The molecule has 0 aliphatic carbocycles. The van der Waals surface area contributed by atoms with Gasteiger partial charge in [-0.15, -0.1) is 22.7 Å². The molecule has 0 bridgehead atoms.